The first kappa shape index (κ1) is 16.6. The van der Waals surface area contributed by atoms with E-state index in [4.69, 9.17) is 9.47 Å². The third kappa shape index (κ3) is 3.82. The SMILES string of the molecule is Cc1cc(OCc2ccc(F)cc2F)cc(=O)n1CC1CCCO1. The lowest BCUT2D eigenvalue weighted by Gasteiger charge is -2.16. The van der Waals surface area contributed by atoms with Gasteiger partial charge in [-0.15, -0.1) is 0 Å². The molecular formula is C18H19F2NO3. The Morgan fingerprint density at radius 2 is 2.12 bits per heavy atom. The highest BCUT2D eigenvalue weighted by Crippen LogP contribution is 2.18. The van der Waals surface area contributed by atoms with Gasteiger partial charge in [0.1, 0.15) is 24.0 Å². The van der Waals surface area contributed by atoms with Gasteiger partial charge in [-0.25, -0.2) is 8.78 Å². The molecule has 0 saturated carbocycles. The highest BCUT2D eigenvalue weighted by molar-refractivity contribution is 5.25. The monoisotopic (exact) mass is 335 g/mol. The third-order valence-electron chi connectivity index (χ3n) is 4.13. The highest BCUT2D eigenvalue weighted by Gasteiger charge is 2.17. The second-order valence-corrected chi connectivity index (χ2v) is 5.94. The van der Waals surface area contributed by atoms with E-state index in [9.17, 15) is 13.6 Å². The predicted octanol–water partition coefficient (Wildman–Crippen LogP) is 3.19. The number of hydrogen-bond acceptors (Lipinski definition) is 3. The van der Waals surface area contributed by atoms with Crippen molar-refractivity contribution in [1.82, 2.24) is 4.57 Å². The van der Waals surface area contributed by atoms with Crippen molar-refractivity contribution in [2.24, 2.45) is 0 Å². The number of aromatic nitrogens is 1. The van der Waals surface area contributed by atoms with Crippen molar-refractivity contribution in [2.45, 2.75) is 39.0 Å². The van der Waals surface area contributed by atoms with Crippen LogP contribution in [0.5, 0.6) is 5.75 Å². The van der Waals surface area contributed by atoms with E-state index in [1.807, 2.05) is 6.92 Å². The average Bonchev–Trinajstić information content (AvgIpc) is 3.03. The lowest BCUT2D eigenvalue weighted by atomic mass is 10.2. The molecule has 0 radical (unpaired) electrons. The molecule has 1 aliphatic heterocycles. The van der Waals surface area contributed by atoms with Crippen LogP contribution in [-0.2, 0) is 17.9 Å². The molecule has 6 heteroatoms. The summed E-state index contributed by atoms with van der Waals surface area (Å²) in [7, 11) is 0. The van der Waals surface area contributed by atoms with Gasteiger partial charge >= 0.3 is 0 Å². The average molecular weight is 335 g/mol. The van der Waals surface area contributed by atoms with Crippen molar-refractivity contribution < 1.29 is 18.3 Å². The first-order valence-electron chi connectivity index (χ1n) is 7.93. The molecule has 2 aromatic rings. The molecule has 1 aromatic heterocycles. The summed E-state index contributed by atoms with van der Waals surface area (Å²) in [4.78, 5) is 12.3. The maximum absolute atomic E-state index is 13.6. The largest absolute Gasteiger partial charge is 0.489 e. The number of aryl methyl sites for hydroxylation is 1. The Hall–Kier alpha value is -2.21. The van der Waals surface area contributed by atoms with Crippen LogP contribution < -0.4 is 10.3 Å². The summed E-state index contributed by atoms with van der Waals surface area (Å²) < 4.78 is 39.2. The van der Waals surface area contributed by atoms with Crippen LogP contribution in [0.3, 0.4) is 0 Å². The second-order valence-electron chi connectivity index (χ2n) is 5.94. The van der Waals surface area contributed by atoms with Crippen molar-refractivity contribution in [3.63, 3.8) is 0 Å². The van der Waals surface area contributed by atoms with Gasteiger partial charge in [-0.05, 0) is 38.0 Å². The smallest absolute Gasteiger partial charge is 0.254 e. The maximum Gasteiger partial charge on any atom is 0.254 e. The summed E-state index contributed by atoms with van der Waals surface area (Å²) in [5.74, 6) is -0.938. The summed E-state index contributed by atoms with van der Waals surface area (Å²) in [5, 5.41) is 0. The van der Waals surface area contributed by atoms with Gasteiger partial charge in [-0.2, -0.15) is 0 Å². The molecule has 128 valence electrons. The van der Waals surface area contributed by atoms with Gasteiger partial charge in [-0.1, -0.05) is 0 Å². The van der Waals surface area contributed by atoms with E-state index in [-0.39, 0.29) is 23.8 Å². The Balaban J connectivity index is 1.71. The van der Waals surface area contributed by atoms with Crippen LogP contribution in [0.15, 0.2) is 35.1 Å². The number of pyridine rings is 1. The molecule has 0 spiro atoms. The van der Waals surface area contributed by atoms with Crippen molar-refractivity contribution in [3.05, 3.63) is 63.6 Å². The number of hydrogen-bond donors (Lipinski definition) is 0. The lowest BCUT2D eigenvalue weighted by molar-refractivity contribution is 0.0955. The summed E-state index contributed by atoms with van der Waals surface area (Å²) in [5.41, 5.74) is 0.810. The van der Waals surface area contributed by atoms with Crippen molar-refractivity contribution in [2.75, 3.05) is 6.61 Å². The van der Waals surface area contributed by atoms with Gasteiger partial charge in [0.25, 0.3) is 5.56 Å². The Bertz CT molecular complexity index is 782. The van der Waals surface area contributed by atoms with E-state index < -0.39 is 11.6 Å². The normalized spacial score (nSPS) is 17.2. The van der Waals surface area contributed by atoms with Crippen LogP contribution in [0, 0.1) is 18.6 Å². The van der Waals surface area contributed by atoms with E-state index >= 15 is 0 Å². The molecule has 1 fully saturated rings. The van der Waals surface area contributed by atoms with Gasteiger partial charge in [0.05, 0.1) is 12.6 Å². The summed E-state index contributed by atoms with van der Waals surface area (Å²) in [6.07, 6.45) is 2.04. The zero-order chi connectivity index (χ0) is 17.1. The fourth-order valence-corrected chi connectivity index (χ4v) is 2.81. The van der Waals surface area contributed by atoms with Crippen LogP contribution in [0.1, 0.15) is 24.1 Å². The molecule has 1 unspecified atom stereocenters. The standard InChI is InChI=1S/C18H19F2NO3/c1-12-7-16(24-11-13-4-5-14(19)8-17(13)20)9-18(22)21(12)10-15-3-2-6-23-15/h4-5,7-9,15H,2-3,6,10-11H2,1H3. The van der Waals surface area contributed by atoms with Crippen LogP contribution in [0.4, 0.5) is 8.78 Å². The first-order valence-corrected chi connectivity index (χ1v) is 7.93. The molecule has 1 atom stereocenters. The zero-order valence-corrected chi connectivity index (χ0v) is 13.4. The van der Waals surface area contributed by atoms with Gasteiger partial charge in [-0.3, -0.25) is 4.79 Å². The zero-order valence-electron chi connectivity index (χ0n) is 13.4. The van der Waals surface area contributed by atoms with Gasteiger partial charge in [0.15, 0.2) is 0 Å². The quantitative estimate of drug-likeness (QED) is 0.842. The second kappa shape index (κ2) is 7.13. The van der Waals surface area contributed by atoms with Crippen LogP contribution in [-0.4, -0.2) is 17.3 Å². The highest BCUT2D eigenvalue weighted by atomic mass is 19.1. The minimum Gasteiger partial charge on any atom is -0.489 e. The molecule has 1 aromatic carbocycles. The summed E-state index contributed by atoms with van der Waals surface area (Å²) in [6, 6.07) is 6.42. The van der Waals surface area contributed by atoms with Crippen molar-refractivity contribution >= 4 is 0 Å². The fourth-order valence-electron chi connectivity index (χ4n) is 2.81. The molecule has 2 heterocycles. The Morgan fingerprint density at radius 1 is 1.29 bits per heavy atom. The number of ether oxygens (including phenoxy) is 2. The minimum absolute atomic E-state index is 0.0687. The van der Waals surface area contributed by atoms with E-state index in [0.717, 1.165) is 31.2 Å². The predicted molar refractivity (Wildman–Crippen MR) is 85.1 cm³/mol. The van der Waals surface area contributed by atoms with Crippen LogP contribution >= 0.6 is 0 Å². The number of rotatable bonds is 5. The van der Waals surface area contributed by atoms with E-state index in [1.165, 1.54) is 18.2 Å². The number of nitrogens with zero attached hydrogens (tertiary/aromatic N) is 1. The molecule has 0 aliphatic carbocycles. The van der Waals surface area contributed by atoms with Crippen molar-refractivity contribution in [1.29, 1.82) is 0 Å². The molecule has 1 saturated heterocycles. The van der Waals surface area contributed by atoms with E-state index in [1.54, 1.807) is 10.6 Å². The first-order chi connectivity index (χ1) is 11.5. The maximum atomic E-state index is 13.6. The molecule has 0 N–H and O–H groups in total. The number of benzene rings is 1. The third-order valence-corrected chi connectivity index (χ3v) is 4.13. The topological polar surface area (TPSA) is 40.5 Å². The summed E-state index contributed by atoms with van der Waals surface area (Å²) in [6.45, 7) is 3.02. The van der Waals surface area contributed by atoms with Crippen LogP contribution in [0.2, 0.25) is 0 Å². The Morgan fingerprint density at radius 3 is 2.79 bits per heavy atom. The molecule has 0 bridgehead atoms. The Kier molecular flexibility index (Phi) is 4.94. The van der Waals surface area contributed by atoms with E-state index in [0.29, 0.717) is 12.3 Å². The molecule has 1 aliphatic rings. The lowest BCUT2D eigenvalue weighted by Crippen LogP contribution is -2.27. The van der Waals surface area contributed by atoms with Gasteiger partial charge < -0.3 is 14.0 Å². The molecular weight excluding hydrogens is 316 g/mol. The Labute approximate surface area is 138 Å². The molecule has 0 amide bonds. The molecule has 4 nitrogen and oxygen atoms in total. The molecule has 24 heavy (non-hydrogen) atoms. The fraction of sp³-hybridized carbons (Fsp3) is 0.389. The minimum atomic E-state index is -0.668. The van der Waals surface area contributed by atoms with Crippen LogP contribution in [0.25, 0.3) is 0 Å². The van der Waals surface area contributed by atoms with Crippen molar-refractivity contribution in [3.8, 4) is 5.75 Å². The van der Waals surface area contributed by atoms with Gasteiger partial charge in [0.2, 0.25) is 0 Å². The number of halogens is 2. The summed E-state index contributed by atoms with van der Waals surface area (Å²) >= 11 is 0. The molecule has 3 rings (SSSR count). The van der Waals surface area contributed by atoms with Gasteiger partial charge in [0, 0.05) is 30.0 Å². The van der Waals surface area contributed by atoms with E-state index in [2.05, 4.69) is 0 Å².